The van der Waals surface area contributed by atoms with E-state index in [4.69, 9.17) is 27.3 Å². The topological polar surface area (TPSA) is 95.1 Å². The zero-order valence-electron chi connectivity index (χ0n) is 14.3. The highest BCUT2D eigenvalue weighted by Crippen LogP contribution is 2.29. The molecule has 4 N–H and O–H groups in total. The van der Waals surface area contributed by atoms with Gasteiger partial charge in [-0.15, -0.1) is 0 Å². The molecule has 0 radical (unpaired) electrons. The number of carbonyl (C=O) groups is 1. The molecule has 136 valence electrons. The highest BCUT2D eigenvalue weighted by atomic mass is 35.5. The summed E-state index contributed by atoms with van der Waals surface area (Å²) in [5, 5.41) is 7.13. The first-order chi connectivity index (χ1) is 12.6. The number of aliphatic imine (C=N–C) groups is 2. The Morgan fingerprint density at radius 2 is 2.19 bits per heavy atom. The molecule has 0 aliphatic carbocycles. The summed E-state index contributed by atoms with van der Waals surface area (Å²) >= 11 is 5.98. The Morgan fingerprint density at radius 3 is 2.88 bits per heavy atom. The molecular formula is C18H21ClN6O. The number of amidine groups is 2. The number of nitrogens with two attached hydrogens (primary N) is 1. The monoisotopic (exact) mass is 372 g/mol. The van der Waals surface area contributed by atoms with Crippen LogP contribution in [0.2, 0.25) is 5.02 Å². The van der Waals surface area contributed by atoms with Gasteiger partial charge < -0.3 is 21.3 Å². The van der Waals surface area contributed by atoms with Gasteiger partial charge in [-0.2, -0.15) is 0 Å². The second-order valence-electron chi connectivity index (χ2n) is 6.72. The van der Waals surface area contributed by atoms with Crippen LogP contribution < -0.4 is 16.4 Å². The van der Waals surface area contributed by atoms with Crippen molar-refractivity contribution in [2.75, 3.05) is 26.2 Å². The maximum absolute atomic E-state index is 11.8. The van der Waals surface area contributed by atoms with Gasteiger partial charge in [-0.1, -0.05) is 23.7 Å². The summed E-state index contributed by atoms with van der Waals surface area (Å²) in [5.41, 5.74) is 6.98. The van der Waals surface area contributed by atoms with Gasteiger partial charge in [0, 0.05) is 17.8 Å². The minimum Gasteiger partial charge on any atom is -0.364 e. The Kier molecular flexibility index (Phi) is 4.65. The summed E-state index contributed by atoms with van der Waals surface area (Å²) in [6, 6.07) is 7.51. The van der Waals surface area contributed by atoms with Crippen molar-refractivity contribution in [2.45, 2.75) is 12.5 Å². The minimum absolute atomic E-state index is 0.0942. The molecule has 0 bridgehead atoms. The Labute approximate surface area is 157 Å². The molecule has 3 heterocycles. The van der Waals surface area contributed by atoms with Crippen LogP contribution in [0.25, 0.3) is 0 Å². The van der Waals surface area contributed by atoms with Crippen LogP contribution in [-0.4, -0.2) is 48.7 Å². The molecule has 1 aromatic rings. The van der Waals surface area contributed by atoms with Crippen LogP contribution in [0.1, 0.15) is 18.0 Å². The average molecular weight is 373 g/mol. The second-order valence-corrected chi connectivity index (χ2v) is 7.15. The van der Waals surface area contributed by atoms with Crippen LogP contribution in [0.3, 0.4) is 0 Å². The Morgan fingerprint density at radius 1 is 1.38 bits per heavy atom. The van der Waals surface area contributed by atoms with Gasteiger partial charge in [0.05, 0.1) is 12.6 Å². The largest absolute Gasteiger partial charge is 0.364 e. The highest BCUT2D eigenvalue weighted by Gasteiger charge is 2.36. The van der Waals surface area contributed by atoms with Crippen LogP contribution >= 0.6 is 11.6 Å². The van der Waals surface area contributed by atoms with E-state index in [1.54, 1.807) is 6.20 Å². The standard InChI is InChI=1S/C18H21ClN6O/c19-13-3-1-12(2-4-13)14-10-25-15(16(20)26)9-23-17(18(25)24-14)22-8-11-5-6-21-7-11/h1-4,9,11,14,21H,5-8,10H2,(H2,20,26)(H,22,23). The first kappa shape index (κ1) is 17.1. The summed E-state index contributed by atoms with van der Waals surface area (Å²) in [7, 11) is 0. The van der Waals surface area contributed by atoms with Gasteiger partial charge in [-0.25, -0.2) is 0 Å². The lowest BCUT2D eigenvalue weighted by Gasteiger charge is -2.27. The normalized spacial score (nSPS) is 26.3. The van der Waals surface area contributed by atoms with E-state index in [2.05, 4.69) is 10.6 Å². The lowest BCUT2D eigenvalue weighted by atomic mass is 10.1. The molecule has 2 unspecified atom stereocenters. The first-order valence-electron chi connectivity index (χ1n) is 8.74. The Bertz CT molecular complexity index is 794. The van der Waals surface area contributed by atoms with Gasteiger partial charge in [0.1, 0.15) is 5.70 Å². The van der Waals surface area contributed by atoms with E-state index in [1.165, 1.54) is 0 Å². The number of primary amides is 1. The fraction of sp³-hybridized carbons (Fsp3) is 0.389. The maximum atomic E-state index is 11.8. The van der Waals surface area contributed by atoms with Gasteiger partial charge >= 0.3 is 0 Å². The number of nitrogens with zero attached hydrogens (tertiary/aromatic N) is 3. The maximum Gasteiger partial charge on any atom is 0.266 e. The van der Waals surface area contributed by atoms with Crippen LogP contribution in [0, 0.1) is 5.92 Å². The molecule has 3 aliphatic rings. The van der Waals surface area contributed by atoms with E-state index in [9.17, 15) is 4.79 Å². The van der Waals surface area contributed by atoms with E-state index in [0.717, 1.165) is 31.6 Å². The molecule has 8 heteroatoms. The summed E-state index contributed by atoms with van der Waals surface area (Å²) in [4.78, 5) is 23.2. The number of benzene rings is 1. The number of fused-ring (bicyclic) bond motifs is 1. The molecule has 26 heavy (non-hydrogen) atoms. The zero-order valence-corrected chi connectivity index (χ0v) is 15.0. The zero-order chi connectivity index (χ0) is 18.1. The third-order valence-electron chi connectivity index (χ3n) is 4.91. The van der Waals surface area contributed by atoms with Crippen LogP contribution in [0.15, 0.2) is 46.1 Å². The molecule has 0 saturated carbocycles. The van der Waals surface area contributed by atoms with Crippen molar-refractivity contribution in [3.05, 3.63) is 46.7 Å². The van der Waals surface area contributed by atoms with E-state index in [1.807, 2.05) is 29.2 Å². The molecule has 0 aromatic heterocycles. The van der Waals surface area contributed by atoms with Crippen molar-refractivity contribution in [1.29, 1.82) is 0 Å². The van der Waals surface area contributed by atoms with Crippen molar-refractivity contribution >= 4 is 29.2 Å². The number of nitrogens with one attached hydrogen (secondary N) is 2. The van der Waals surface area contributed by atoms with E-state index < -0.39 is 5.91 Å². The molecule has 1 saturated heterocycles. The summed E-state index contributed by atoms with van der Waals surface area (Å²) in [5.74, 6) is 1.42. The fourth-order valence-corrected chi connectivity index (χ4v) is 3.60. The van der Waals surface area contributed by atoms with Gasteiger partial charge in [0.15, 0.2) is 11.7 Å². The number of amides is 1. The number of hydrogen-bond acceptors (Lipinski definition) is 5. The van der Waals surface area contributed by atoms with Crippen LogP contribution in [0.5, 0.6) is 0 Å². The third-order valence-corrected chi connectivity index (χ3v) is 5.17. The van der Waals surface area contributed by atoms with Crippen molar-refractivity contribution in [3.8, 4) is 0 Å². The number of hydrogen-bond donors (Lipinski definition) is 3. The summed E-state index contributed by atoms with van der Waals surface area (Å²) in [6.45, 7) is 3.31. The van der Waals surface area contributed by atoms with Gasteiger partial charge in [0.25, 0.3) is 5.91 Å². The average Bonchev–Trinajstić information content (AvgIpc) is 3.29. The van der Waals surface area contributed by atoms with Crippen molar-refractivity contribution in [3.63, 3.8) is 0 Å². The number of rotatable bonds is 4. The number of halogens is 1. The van der Waals surface area contributed by atoms with Crippen LogP contribution in [-0.2, 0) is 4.79 Å². The summed E-state index contributed by atoms with van der Waals surface area (Å²) < 4.78 is 0. The Hall–Kier alpha value is -2.38. The molecule has 3 aliphatic heterocycles. The molecule has 7 nitrogen and oxygen atoms in total. The van der Waals surface area contributed by atoms with Gasteiger partial charge in [0.2, 0.25) is 0 Å². The quantitative estimate of drug-likeness (QED) is 0.735. The fourth-order valence-electron chi connectivity index (χ4n) is 3.47. The van der Waals surface area contributed by atoms with Crippen LogP contribution in [0.4, 0.5) is 0 Å². The molecule has 2 atom stereocenters. The molecule has 1 fully saturated rings. The molecule has 1 amide bonds. The number of carbonyl (C=O) groups excluding carboxylic acids is 1. The second kappa shape index (κ2) is 7.09. The van der Waals surface area contributed by atoms with Crippen molar-refractivity contribution < 1.29 is 4.79 Å². The SMILES string of the molecule is NC(=O)C1=CNC(=NCC2CCNC2)C2=NC(c3ccc(Cl)cc3)CN12. The van der Waals surface area contributed by atoms with E-state index in [0.29, 0.717) is 34.9 Å². The minimum atomic E-state index is -0.485. The molecule has 1 aromatic carbocycles. The van der Waals surface area contributed by atoms with Gasteiger partial charge in [-0.05, 0) is 43.1 Å². The predicted octanol–water partition coefficient (Wildman–Crippen LogP) is 1.03. The third kappa shape index (κ3) is 3.32. The molecule has 4 rings (SSSR count). The van der Waals surface area contributed by atoms with Crippen molar-refractivity contribution in [2.24, 2.45) is 21.6 Å². The van der Waals surface area contributed by atoms with E-state index in [-0.39, 0.29) is 6.04 Å². The predicted molar refractivity (Wildman–Crippen MR) is 102 cm³/mol. The van der Waals surface area contributed by atoms with E-state index >= 15 is 0 Å². The lowest BCUT2D eigenvalue weighted by Crippen LogP contribution is -2.47. The molecular weight excluding hydrogens is 352 g/mol. The highest BCUT2D eigenvalue weighted by molar-refractivity contribution is 6.42. The lowest BCUT2D eigenvalue weighted by molar-refractivity contribution is -0.115. The summed E-state index contributed by atoms with van der Waals surface area (Å²) in [6.07, 6.45) is 2.75. The molecule has 0 spiro atoms. The Balaban J connectivity index is 1.62. The van der Waals surface area contributed by atoms with Crippen molar-refractivity contribution in [1.82, 2.24) is 15.5 Å². The first-order valence-corrected chi connectivity index (χ1v) is 9.12. The van der Waals surface area contributed by atoms with Gasteiger partial charge in [-0.3, -0.25) is 14.8 Å². The smallest absolute Gasteiger partial charge is 0.266 e.